The molecule has 9 nitrogen and oxygen atoms in total. The van der Waals surface area contributed by atoms with Gasteiger partial charge in [-0.2, -0.15) is 5.10 Å². The van der Waals surface area contributed by atoms with Gasteiger partial charge in [-0.15, -0.1) is 0 Å². The second kappa shape index (κ2) is 6.90. The van der Waals surface area contributed by atoms with E-state index in [1.54, 1.807) is 0 Å². The number of imidazole rings is 2. The largest absolute Gasteiger partial charge is 0.355 e. The fourth-order valence-electron chi connectivity index (χ4n) is 4.32. The summed E-state index contributed by atoms with van der Waals surface area (Å²) < 4.78 is 2.03. The van der Waals surface area contributed by atoms with Crippen LogP contribution in [0.1, 0.15) is 25.1 Å². The lowest BCUT2D eigenvalue weighted by molar-refractivity contribution is 0.574. The van der Waals surface area contributed by atoms with Gasteiger partial charge in [0.15, 0.2) is 17.3 Å². The molecule has 5 aromatic heterocycles. The highest BCUT2D eigenvalue weighted by Crippen LogP contribution is 2.31. The van der Waals surface area contributed by atoms with E-state index in [-0.39, 0.29) is 0 Å². The van der Waals surface area contributed by atoms with Crippen LogP contribution in [0, 0.1) is 6.92 Å². The summed E-state index contributed by atoms with van der Waals surface area (Å²) in [7, 11) is 1.99. The number of aromatic nitrogens is 8. The number of nitrogens with zero attached hydrogens (tertiary/aromatic N) is 7. The van der Waals surface area contributed by atoms with E-state index in [1.165, 1.54) is 19.3 Å². The Balaban J connectivity index is 1.47. The standard InChI is InChI=1S/C22H23N9/c1-13-24-12-17(30(13)2)14-6-7-16-18(25-14)20(29-28-16)21-26-15-8-9-23-22(19(15)27-21)31-10-4-3-5-11-31/h6-9,12H,3-5,10-11H2,1-2H3,(H,26,27)(H,28,29). The van der Waals surface area contributed by atoms with Crippen LogP contribution in [0.2, 0.25) is 0 Å². The molecular formula is C22H23N9. The van der Waals surface area contributed by atoms with E-state index in [0.29, 0.717) is 11.5 Å². The van der Waals surface area contributed by atoms with Crippen LogP contribution in [-0.2, 0) is 7.05 Å². The Morgan fingerprint density at radius 2 is 1.81 bits per heavy atom. The van der Waals surface area contributed by atoms with Crippen LogP contribution in [0.25, 0.3) is 45.0 Å². The number of hydrogen-bond donors (Lipinski definition) is 2. The average Bonchev–Trinajstić information content (AvgIpc) is 3.50. The number of rotatable bonds is 3. The summed E-state index contributed by atoms with van der Waals surface area (Å²) in [5.74, 6) is 2.58. The van der Waals surface area contributed by atoms with Crippen molar-refractivity contribution >= 4 is 27.9 Å². The van der Waals surface area contributed by atoms with E-state index < -0.39 is 0 Å². The van der Waals surface area contributed by atoms with E-state index in [4.69, 9.17) is 9.97 Å². The van der Waals surface area contributed by atoms with Crippen molar-refractivity contribution in [1.82, 2.24) is 39.7 Å². The molecule has 1 saturated heterocycles. The van der Waals surface area contributed by atoms with E-state index >= 15 is 0 Å². The molecule has 0 spiro atoms. The van der Waals surface area contributed by atoms with E-state index in [2.05, 4.69) is 30.0 Å². The topological polar surface area (TPSA) is 104 Å². The van der Waals surface area contributed by atoms with E-state index in [1.807, 2.05) is 49.1 Å². The number of pyridine rings is 2. The SMILES string of the molecule is Cc1ncc(-c2ccc3[nH]nc(-c4nc5c(N6CCCCC6)nccc5[nH]4)c3n2)n1C. The van der Waals surface area contributed by atoms with Crippen molar-refractivity contribution < 1.29 is 0 Å². The number of nitrogens with one attached hydrogen (secondary N) is 2. The van der Waals surface area contributed by atoms with Crippen molar-refractivity contribution in [3.8, 4) is 22.9 Å². The minimum absolute atomic E-state index is 0.693. The summed E-state index contributed by atoms with van der Waals surface area (Å²) in [6.07, 6.45) is 7.36. The first-order chi connectivity index (χ1) is 15.2. The van der Waals surface area contributed by atoms with Crippen molar-refractivity contribution in [2.24, 2.45) is 7.05 Å². The van der Waals surface area contributed by atoms with Crippen LogP contribution in [0.4, 0.5) is 5.82 Å². The molecule has 2 N–H and O–H groups in total. The summed E-state index contributed by atoms with van der Waals surface area (Å²) in [6.45, 7) is 4.02. The Kier molecular flexibility index (Phi) is 4.02. The predicted molar refractivity (Wildman–Crippen MR) is 120 cm³/mol. The third kappa shape index (κ3) is 2.88. The molecule has 31 heavy (non-hydrogen) atoms. The van der Waals surface area contributed by atoms with Gasteiger partial charge in [0.2, 0.25) is 0 Å². The van der Waals surface area contributed by atoms with Crippen molar-refractivity contribution in [3.05, 3.63) is 36.4 Å². The van der Waals surface area contributed by atoms with E-state index in [9.17, 15) is 0 Å². The number of hydrogen-bond acceptors (Lipinski definition) is 6. The van der Waals surface area contributed by atoms with Gasteiger partial charge in [-0.25, -0.2) is 19.9 Å². The first-order valence-corrected chi connectivity index (χ1v) is 10.6. The number of piperidine rings is 1. The Hall–Kier alpha value is -3.75. The molecule has 0 atom stereocenters. The summed E-state index contributed by atoms with van der Waals surface area (Å²) in [4.78, 5) is 24.6. The third-order valence-electron chi connectivity index (χ3n) is 6.15. The molecule has 6 rings (SSSR count). The third-order valence-corrected chi connectivity index (χ3v) is 6.15. The molecule has 6 heterocycles. The maximum atomic E-state index is 4.90. The van der Waals surface area contributed by atoms with Crippen LogP contribution < -0.4 is 4.90 Å². The highest BCUT2D eigenvalue weighted by molar-refractivity contribution is 5.93. The van der Waals surface area contributed by atoms with Crippen LogP contribution in [0.15, 0.2) is 30.6 Å². The molecule has 0 aromatic carbocycles. The smallest absolute Gasteiger partial charge is 0.161 e. The highest BCUT2D eigenvalue weighted by Gasteiger charge is 2.20. The fourth-order valence-corrected chi connectivity index (χ4v) is 4.32. The Morgan fingerprint density at radius 1 is 0.935 bits per heavy atom. The summed E-state index contributed by atoms with van der Waals surface area (Å²) in [6, 6.07) is 5.95. The number of aromatic amines is 2. The molecule has 9 heteroatoms. The zero-order valence-corrected chi connectivity index (χ0v) is 17.6. The monoisotopic (exact) mass is 413 g/mol. The first-order valence-electron chi connectivity index (χ1n) is 10.6. The van der Waals surface area contributed by atoms with E-state index in [0.717, 1.165) is 58.2 Å². The Morgan fingerprint density at radius 3 is 2.61 bits per heavy atom. The second-order valence-electron chi connectivity index (χ2n) is 8.08. The minimum atomic E-state index is 0.693. The number of aryl methyl sites for hydroxylation is 1. The lowest BCUT2D eigenvalue weighted by Gasteiger charge is -2.27. The zero-order valence-electron chi connectivity index (χ0n) is 17.6. The maximum absolute atomic E-state index is 4.90. The van der Waals surface area contributed by atoms with Crippen LogP contribution in [-0.4, -0.2) is 52.8 Å². The van der Waals surface area contributed by atoms with Crippen molar-refractivity contribution in [1.29, 1.82) is 0 Å². The first kappa shape index (κ1) is 18.1. The molecule has 1 aliphatic heterocycles. The van der Waals surface area contributed by atoms with Gasteiger partial charge in [0.25, 0.3) is 0 Å². The van der Waals surface area contributed by atoms with Gasteiger partial charge in [0.1, 0.15) is 16.9 Å². The van der Waals surface area contributed by atoms with Gasteiger partial charge in [-0.1, -0.05) is 0 Å². The minimum Gasteiger partial charge on any atom is -0.355 e. The summed E-state index contributed by atoms with van der Waals surface area (Å²) in [5.41, 5.74) is 6.01. The van der Waals surface area contributed by atoms with Gasteiger partial charge >= 0.3 is 0 Å². The number of H-pyrrole nitrogens is 2. The quantitative estimate of drug-likeness (QED) is 0.468. The van der Waals surface area contributed by atoms with Crippen LogP contribution >= 0.6 is 0 Å². The van der Waals surface area contributed by atoms with Crippen molar-refractivity contribution in [2.45, 2.75) is 26.2 Å². The highest BCUT2D eigenvalue weighted by atomic mass is 15.2. The molecule has 156 valence electrons. The maximum Gasteiger partial charge on any atom is 0.161 e. The van der Waals surface area contributed by atoms with Crippen LogP contribution in [0.3, 0.4) is 0 Å². The molecule has 0 amide bonds. The van der Waals surface area contributed by atoms with Gasteiger partial charge < -0.3 is 14.5 Å². The Labute approximate surface area is 178 Å². The summed E-state index contributed by atoms with van der Waals surface area (Å²) >= 11 is 0. The van der Waals surface area contributed by atoms with Gasteiger partial charge in [-0.3, -0.25) is 5.10 Å². The second-order valence-corrected chi connectivity index (χ2v) is 8.08. The molecular weight excluding hydrogens is 390 g/mol. The molecule has 0 radical (unpaired) electrons. The lowest BCUT2D eigenvalue weighted by atomic mass is 10.1. The van der Waals surface area contributed by atoms with Crippen molar-refractivity contribution in [2.75, 3.05) is 18.0 Å². The van der Waals surface area contributed by atoms with Gasteiger partial charge in [0.05, 0.1) is 28.6 Å². The molecule has 5 aromatic rings. The predicted octanol–water partition coefficient (Wildman–Crippen LogP) is 3.60. The van der Waals surface area contributed by atoms with Crippen molar-refractivity contribution in [3.63, 3.8) is 0 Å². The van der Waals surface area contributed by atoms with Gasteiger partial charge in [0, 0.05) is 26.3 Å². The Bertz CT molecular complexity index is 1400. The normalized spacial score (nSPS) is 14.7. The average molecular weight is 413 g/mol. The lowest BCUT2D eigenvalue weighted by Crippen LogP contribution is -2.30. The number of anilines is 1. The molecule has 0 bridgehead atoms. The fraction of sp³-hybridized carbons (Fsp3) is 0.318. The zero-order chi connectivity index (χ0) is 20.9. The molecule has 1 fully saturated rings. The summed E-state index contributed by atoms with van der Waals surface area (Å²) in [5, 5.41) is 7.61. The van der Waals surface area contributed by atoms with Crippen LogP contribution in [0.5, 0.6) is 0 Å². The molecule has 0 saturated carbocycles. The molecule has 0 aliphatic carbocycles. The van der Waals surface area contributed by atoms with Gasteiger partial charge in [-0.05, 0) is 44.4 Å². The number of fused-ring (bicyclic) bond motifs is 2. The molecule has 1 aliphatic rings. The molecule has 0 unspecified atom stereocenters.